The smallest absolute Gasteiger partial charge is 0.220 e. The highest BCUT2D eigenvalue weighted by molar-refractivity contribution is 5.76. The second kappa shape index (κ2) is 6.52. The molecule has 0 unspecified atom stereocenters. The predicted octanol–water partition coefficient (Wildman–Crippen LogP) is 1.22. The highest BCUT2D eigenvalue weighted by atomic mass is 16.5. The van der Waals surface area contributed by atoms with Gasteiger partial charge in [-0.15, -0.1) is 0 Å². The molecule has 104 valence electrons. The minimum absolute atomic E-state index is 0.0701. The molecule has 1 aromatic heterocycles. The second-order valence-electron chi connectivity index (χ2n) is 5.04. The van der Waals surface area contributed by atoms with E-state index in [1.807, 2.05) is 18.3 Å². The number of pyridine rings is 1. The van der Waals surface area contributed by atoms with Crippen LogP contribution < -0.4 is 15.8 Å². The fraction of sp³-hybridized carbons (Fsp3) is 0.571. The lowest BCUT2D eigenvalue weighted by Gasteiger charge is -2.27. The monoisotopic (exact) mass is 263 g/mol. The van der Waals surface area contributed by atoms with Gasteiger partial charge in [-0.3, -0.25) is 4.79 Å². The molecular formula is C14H21N3O2. The van der Waals surface area contributed by atoms with Crippen LogP contribution in [0.25, 0.3) is 0 Å². The predicted molar refractivity (Wildman–Crippen MR) is 72.6 cm³/mol. The van der Waals surface area contributed by atoms with E-state index in [9.17, 15) is 4.79 Å². The molecule has 2 rings (SSSR count). The third-order valence-electron chi connectivity index (χ3n) is 3.73. The van der Waals surface area contributed by atoms with Crippen LogP contribution in [0.5, 0.6) is 5.88 Å². The highest BCUT2D eigenvalue weighted by Crippen LogP contribution is 2.24. The van der Waals surface area contributed by atoms with Gasteiger partial charge in [0.25, 0.3) is 0 Å². The lowest BCUT2D eigenvalue weighted by atomic mass is 9.85. The molecule has 0 aromatic carbocycles. The fourth-order valence-corrected chi connectivity index (χ4v) is 2.48. The standard InChI is InChI=1S/C14H21N3O2/c1-19-13-7-2-10(9-17-13)8-16-12-5-3-11(4-6-12)14(15)18/h2,7,9,11-12,16H,3-6,8H2,1H3,(H2,15,18). The maximum absolute atomic E-state index is 11.1. The van der Waals surface area contributed by atoms with Gasteiger partial charge in [-0.2, -0.15) is 0 Å². The minimum Gasteiger partial charge on any atom is -0.481 e. The van der Waals surface area contributed by atoms with Crippen LogP contribution in [-0.2, 0) is 11.3 Å². The van der Waals surface area contributed by atoms with Crippen molar-refractivity contribution in [2.75, 3.05) is 7.11 Å². The van der Waals surface area contributed by atoms with Gasteiger partial charge in [0.15, 0.2) is 0 Å². The van der Waals surface area contributed by atoms with Crippen molar-refractivity contribution in [3.05, 3.63) is 23.9 Å². The number of hydrogen-bond donors (Lipinski definition) is 2. The van der Waals surface area contributed by atoms with Crippen molar-refractivity contribution in [1.82, 2.24) is 10.3 Å². The summed E-state index contributed by atoms with van der Waals surface area (Å²) in [4.78, 5) is 15.3. The lowest BCUT2D eigenvalue weighted by molar-refractivity contribution is -0.122. The Morgan fingerprint density at radius 2 is 2.16 bits per heavy atom. The molecule has 5 heteroatoms. The number of nitrogens with two attached hydrogens (primary N) is 1. The number of nitrogens with zero attached hydrogens (tertiary/aromatic N) is 1. The van der Waals surface area contributed by atoms with E-state index in [0.717, 1.165) is 37.8 Å². The Morgan fingerprint density at radius 1 is 1.42 bits per heavy atom. The Balaban J connectivity index is 1.75. The van der Waals surface area contributed by atoms with Gasteiger partial charge in [-0.05, 0) is 31.2 Å². The molecule has 1 amide bonds. The molecule has 5 nitrogen and oxygen atoms in total. The quantitative estimate of drug-likeness (QED) is 0.837. The van der Waals surface area contributed by atoms with E-state index in [1.165, 1.54) is 0 Å². The van der Waals surface area contributed by atoms with Gasteiger partial charge in [-0.1, -0.05) is 6.07 Å². The van der Waals surface area contributed by atoms with E-state index in [4.69, 9.17) is 10.5 Å². The van der Waals surface area contributed by atoms with Gasteiger partial charge in [0.2, 0.25) is 11.8 Å². The molecule has 1 heterocycles. The topological polar surface area (TPSA) is 77.2 Å². The third-order valence-corrected chi connectivity index (χ3v) is 3.73. The summed E-state index contributed by atoms with van der Waals surface area (Å²) in [6.07, 6.45) is 5.64. The van der Waals surface area contributed by atoms with Gasteiger partial charge >= 0.3 is 0 Å². The first-order valence-corrected chi connectivity index (χ1v) is 6.70. The van der Waals surface area contributed by atoms with Crippen LogP contribution in [0.4, 0.5) is 0 Å². The zero-order valence-electron chi connectivity index (χ0n) is 11.3. The molecule has 0 saturated heterocycles. The van der Waals surface area contributed by atoms with E-state index < -0.39 is 0 Å². The third kappa shape index (κ3) is 3.92. The number of carbonyl (C=O) groups excluding carboxylic acids is 1. The highest BCUT2D eigenvalue weighted by Gasteiger charge is 2.24. The fourth-order valence-electron chi connectivity index (χ4n) is 2.48. The number of ether oxygens (including phenoxy) is 1. The molecule has 19 heavy (non-hydrogen) atoms. The maximum atomic E-state index is 11.1. The van der Waals surface area contributed by atoms with E-state index in [0.29, 0.717) is 11.9 Å². The first-order chi connectivity index (χ1) is 9.19. The van der Waals surface area contributed by atoms with Crippen molar-refractivity contribution in [2.45, 2.75) is 38.3 Å². The molecule has 3 N–H and O–H groups in total. The van der Waals surface area contributed by atoms with Gasteiger partial charge < -0.3 is 15.8 Å². The van der Waals surface area contributed by atoms with Gasteiger partial charge in [-0.25, -0.2) is 4.98 Å². The van der Waals surface area contributed by atoms with Crippen LogP contribution >= 0.6 is 0 Å². The normalized spacial score (nSPS) is 23.0. The number of rotatable bonds is 5. The van der Waals surface area contributed by atoms with Crippen LogP contribution in [0, 0.1) is 5.92 Å². The molecule has 0 aliphatic heterocycles. The van der Waals surface area contributed by atoms with Crippen molar-refractivity contribution < 1.29 is 9.53 Å². The summed E-state index contributed by atoms with van der Waals surface area (Å²) >= 11 is 0. The number of carbonyl (C=O) groups is 1. The van der Waals surface area contributed by atoms with Gasteiger partial charge in [0.05, 0.1) is 7.11 Å². The number of aromatic nitrogens is 1. The first kappa shape index (κ1) is 13.8. The van der Waals surface area contributed by atoms with Crippen molar-refractivity contribution in [3.8, 4) is 5.88 Å². The molecular weight excluding hydrogens is 242 g/mol. The van der Waals surface area contributed by atoms with E-state index in [-0.39, 0.29) is 11.8 Å². The number of hydrogen-bond acceptors (Lipinski definition) is 4. The van der Waals surface area contributed by atoms with Crippen molar-refractivity contribution in [3.63, 3.8) is 0 Å². The zero-order valence-corrected chi connectivity index (χ0v) is 11.3. The average Bonchev–Trinajstić information content (AvgIpc) is 2.46. The molecule has 1 aromatic rings. The Morgan fingerprint density at radius 3 is 2.68 bits per heavy atom. The largest absolute Gasteiger partial charge is 0.481 e. The summed E-state index contributed by atoms with van der Waals surface area (Å²) < 4.78 is 5.02. The SMILES string of the molecule is COc1ccc(CNC2CCC(C(N)=O)CC2)cn1. The van der Waals surface area contributed by atoms with Crippen LogP contribution in [0.2, 0.25) is 0 Å². The Hall–Kier alpha value is -1.62. The number of nitrogens with one attached hydrogen (secondary N) is 1. The number of amides is 1. The first-order valence-electron chi connectivity index (χ1n) is 6.70. The van der Waals surface area contributed by atoms with Crippen molar-refractivity contribution in [2.24, 2.45) is 11.7 Å². The minimum atomic E-state index is -0.155. The van der Waals surface area contributed by atoms with Crippen LogP contribution in [-0.4, -0.2) is 24.0 Å². The molecule has 1 aliphatic carbocycles. The van der Waals surface area contributed by atoms with E-state index in [1.54, 1.807) is 7.11 Å². The number of primary amides is 1. The molecule has 0 atom stereocenters. The van der Waals surface area contributed by atoms with Crippen LogP contribution in [0.15, 0.2) is 18.3 Å². The van der Waals surface area contributed by atoms with E-state index >= 15 is 0 Å². The molecule has 0 bridgehead atoms. The average molecular weight is 263 g/mol. The Labute approximate surface area is 113 Å². The summed E-state index contributed by atoms with van der Waals surface area (Å²) in [5.74, 6) is 0.546. The summed E-state index contributed by atoms with van der Waals surface area (Å²) in [5.41, 5.74) is 6.46. The van der Waals surface area contributed by atoms with Crippen LogP contribution in [0.1, 0.15) is 31.2 Å². The zero-order chi connectivity index (χ0) is 13.7. The van der Waals surface area contributed by atoms with Gasteiger partial charge in [0.1, 0.15) is 0 Å². The van der Waals surface area contributed by atoms with Crippen molar-refractivity contribution in [1.29, 1.82) is 0 Å². The molecule has 0 radical (unpaired) electrons. The summed E-state index contributed by atoms with van der Waals surface area (Å²) in [7, 11) is 1.61. The molecule has 0 spiro atoms. The summed E-state index contributed by atoms with van der Waals surface area (Å²) in [5, 5.41) is 3.50. The van der Waals surface area contributed by atoms with Crippen molar-refractivity contribution >= 4 is 5.91 Å². The van der Waals surface area contributed by atoms with Gasteiger partial charge in [0, 0.05) is 30.8 Å². The lowest BCUT2D eigenvalue weighted by Crippen LogP contribution is -2.36. The Kier molecular flexibility index (Phi) is 4.74. The summed E-state index contributed by atoms with van der Waals surface area (Å²) in [6.45, 7) is 0.795. The Bertz CT molecular complexity index is 411. The maximum Gasteiger partial charge on any atom is 0.220 e. The van der Waals surface area contributed by atoms with E-state index in [2.05, 4.69) is 10.3 Å². The van der Waals surface area contributed by atoms with Crippen LogP contribution in [0.3, 0.4) is 0 Å². The number of methoxy groups -OCH3 is 1. The summed E-state index contributed by atoms with van der Waals surface area (Å²) in [6, 6.07) is 4.34. The molecule has 1 saturated carbocycles. The molecule has 1 fully saturated rings. The molecule has 1 aliphatic rings. The second-order valence-corrected chi connectivity index (χ2v) is 5.04.